The van der Waals surface area contributed by atoms with Crippen molar-refractivity contribution in [3.8, 4) is 0 Å². The average Bonchev–Trinajstić information content (AvgIpc) is 0.861. The van der Waals surface area contributed by atoms with Gasteiger partial charge in [0.25, 0.3) is 0 Å². The van der Waals surface area contributed by atoms with Crippen LogP contribution in [0.4, 0.5) is 27.6 Å². The van der Waals surface area contributed by atoms with Gasteiger partial charge in [-0.1, -0.05) is 111 Å². The second-order valence-corrected chi connectivity index (χ2v) is 27.0. The van der Waals surface area contributed by atoms with Crippen LogP contribution in [0.25, 0.3) is 0 Å². The number of aromatic nitrogens is 4. The van der Waals surface area contributed by atoms with Gasteiger partial charge in [-0.15, -0.1) is 43.6 Å². The maximum Gasteiger partial charge on any atom is 0.490 e. The first-order valence-corrected chi connectivity index (χ1v) is 33.9. The molecular weight excluding hydrogens is 1410 g/mol. The number of alkyl halides is 5. The van der Waals surface area contributed by atoms with Crippen LogP contribution >= 0.6 is 23.2 Å². The molecule has 0 unspecified atom stereocenters. The lowest BCUT2D eigenvalue weighted by atomic mass is 9.77. The number of nitrogens with one attached hydrogen (secondary N) is 6. The molecule has 5 rings (SSSR count). The van der Waals surface area contributed by atoms with Gasteiger partial charge in [0.15, 0.2) is 0 Å². The molecule has 0 fully saturated rings. The number of carboxylic acid groups (broad SMARTS) is 3. The van der Waals surface area contributed by atoms with Gasteiger partial charge in [-0.25, -0.2) is 28.8 Å². The molecule has 0 aliphatic heterocycles. The Bertz CT molecular complexity index is 3410. The zero-order chi connectivity index (χ0) is 78.6. The zero-order valence-electron chi connectivity index (χ0n) is 59.6. The predicted octanol–water partition coefficient (Wildman–Crippen LogP) is 9.33. The summed E-state index contributed by atoms with van der Waals surface area (Å²) in [7, 11) is 0. The lowest BCUT2D eigenvalue weighted by Crippen LogP contribution is -2.51. The molecule has 576 valence electrons. The number of aliphatic carboxylic acids is 3. The van der Waals surface area contributed by atoms with Crippen LogP contribution < -0.4 is 49.1 Å². The Morgan fingerprint density at radius 1 is 0.558 bits per heavy atom. The molecule has 0 radical (unpaired) electrons. The van der Waals surface area contributed by atoms with Crippen molar-refractivity contribution in [3.63, 3.8) is 0 Å². The fraction of sp³-hybridized carbons (Fsp3) is 0.529. The second-order valence-electron chi connectivity index (χ2n) is 26.2. The standard InChI is InChI=1S/C49H66N6O9.C16H27N7O7.C2HF3O2.CH2Cl2/c1-33(22-20-21-31-50-45(60)64-48(8,9)10)41-54-55-42(61-41)38(52-44(59)51-37(43(58)63-47(5,6)7)29-30-40(57)62-46(2,3)4)32-39(56)53-49(34-23-14-11-15-24-34,35-25-16-12-17-26-35)36-27-18-13-19-28-36;17-6-2-1-3-8(18)13-22-23-14(30-13)10(7-11(19)24)21-16(29)20-9(15(27)28)4-5-12(25)26;3-2(4,5)1(6)7;2-1-3/h11-19,23-28,33,37-38H,20-22,29-32H2,1-10H3,(H,50,60)(H,53,56)(H2,51,52,59);8-10H,1-7,17-18H2,(H2,19,24)(H,25,26)(H,27,28)(H2,20,21,29);(H,6,7);1H2/t33-,37-,38-;8-,9-,10-;;/m00../s1. The van der Waals surface area contributed by atoms with Crippen molar-refractivity contribution in [2.75, 3.05) is 18.4 Å². The third kappa shape index (κ3) is 35.5. The number of esters is 2. The Morgan fingerprint density at radius 3 is 1.41 bits per heavy atom. The quantitative estimate of drug-likeness (QED) is 0.00611. The normalized spacial score (nSPS) is 13.2. The van der Waals surface area contributed by atoms with E-state index in [1.807, 2.05) is 97.9 Å². The van der Waals surface area contributed by atoms with E-state index < -0.39 is 131 Å². The van der Waals surface area contributed by atoms with Crippen LogP contribution in [0.3, 0.4) is 0 Å². The smallest absolute Gasteiger partial charge is 0.481 e. The van der Waals surface area contributed by atoms with Crippen molar-refractivity contribution in [1.29, 1.82) is 0 Å². The molecule has 0 aliphatic rings. The molecule has 0 saturated carbocycles. The molecule has 6 atom stereocenters. The Morgan fingerprint density at radius 2 is 0.981 bits per heavy atom. The highest BCUT2D eigenvalue weighted by Crippen LogP contribution is 2.38. The van der Waals surface area contributed by atoms with Gasteiger partial charge in [-0.2, -0.15) is 13.2 Å². The van der Waals surface area contributed by atoms with Gasteiger partial charge >= 0.3 is 54.2 Å². The second kappa shape index (κ2) is 44.1. The molecule has 0 aliphatic carbocycles. The average molecular weight is 1510 g/mol. The molecule has 2 heterocycles. The Kier molecular flexibility index (Phi) is 38.3. The van der Waals surface area contributed by atoms with Gasteiger partial charge in [0.05, 0.1) is 24.2 Å². The number of unbranched alkanes of at least 4 members (excludes halogenated alkanes) is 2. The number of carbonyl (C=O) groups is 10. The minimum Gasteiger partial charge on any atom is -0.481 e. The number of nitrogens with two attached hydrogens (primary N) is 3. The number of hydrogen-bond donors (Lipinski definition) is 12. The number of hydrogen-bond acceptors (Lipinski definition) is 21. The summed E-state index contributed by atoms with van der Waals surface area (Å²) in [5.74, 6) is -7.94. The molecule has 0 spiro atoms. The molecule has 2 aromatic heterocycles. The molecule has 5 aromatic rings. The van der Waals surface area contributed by atoms with E-state index in [-0.39, 0.29) is 54.6 Å². The Labute approximate surface area is 610 Å². The van der Waals surface area contributed by atoms with E-state index in [1.165, 1.54) is 0 Å². The predicted molar refractivity (Wildman–Crippen MR) is 373 cm³/mol. The molecule has 31 nitrogen and oxygen atoms in total. The van der Waals surface area contributed by atoms with Crippen LogP contribution in [0.15, 0.2) is 99.8 Å². The zero-order valence-corrected chi connectivity index (χ0v) is 61.1. The number of halogens is 5. The van der Waals surface area contributed by atoms with E-state index >= 15 is 0 Å². The number of alkyl carbamates (subject to hydrolysis) is 1. The highest BCUT2D eigenvalue weighted by molar-refractivity contribution is 6.40. The minimum atomic E-state index is -5.08. The monoisotopic (exact) mass is 1510 g/mol. The SMILES string of the molecule is C[C@@H](CCCCNC(=O)OC(C)(C)C)c1nnc([C@H](CC(=O)NC(c2ccccc2)(c2ccccc2)c2ccccc2)NC(=O)N[C@@H](CCC(=O)OC(C)(C)C)C(=O)OC(C)(C)C)o1.ClCCl.NCCCC[C@H](N)c1nnc([C@H](CC(N)=O)NC(=O)N[C@@H](CCC(=O)O)C(=O)O)o1.O=C(O)C(F)(F)F. The highest BCUT2D eigenvalue weighted by atomic mass is 35.5. The summed E-state index contributed by atoms with van der Waals surface area (Å²) in [5, 5.41) is 57.3. The summed E-state index contributed by atoms with van der Waals surface area (Å²) in [5.41, 5.74) is 15.6. The number of ether oxygens (including phenoxy) is 3. The number of carboxylic acids is 3. The fourth-order valence-electron chi connectivity index (χ4n) is 9.31. The van der Waals surface area contributed by atoms with E-state index in [4.69, 9.17) is 83.6 Å². The van der Waals surface area contributed by atoms with Crippen LogP contribution in [0.2, 0.25) is 0 Å². The number of rotatable bonds is 33. The summed E-state index contributed by atoms with van der Waals surface area (Å²) in [4.78, 5) is 121. The molecule has 104 heavy (non-hydrogen) atoms. The first-order chi connectivity index (χ1) is 48.5. The summed E-state index contributed by atoms with van der Waals surface area (Å²) >= 11 is 9.53. The van der Waals surface area contributed by atoms with Crippen LogP contribution in [0.1, 0.15) is 211 Å². The first-order valence-electron chi connectivity index (χ1n) is 32.8. The van der Waals surface area contributed by atoms with E-state index in [9.17, 15) is 56.3 Å². The fourth-order valence-corrected chi connectivity index (χ4v) is 9.31. The molecule has 0 bridgehead atoms. The van der Waals surface area contributed by atoms with Gasteiger partial charge in [0.2, 0.25) is 35.4 Å². The molecule has 3 aromatic carbocycles. The number of benzene rings is 3. The van der Waals surface area contributed by atoms with Crippen molar-refractivity contribution in [3.05, 3.63) is 131 Å². The maximum atomic E-state index is 14.7. The van der Waals surface area contributed by atoms with E-state index in [1.54, 1.807) is 62.3 Å². The molecule has 36 heteroatoms. The van der Waals surface area contributed by atoms with Crippen molar-refractivity contribution < 1.29 is 99.5 Å². The van der Waals surface area contributed by atoms with Crippen LogP contribution in [0.5, 0.6) is 0 Å². The first kappa shape index (κ1) is 90.4. The van der Waals surface area contributed by atoms with Gasteiger partial charge < -0.3 is 87.5 Å². The topological polar surface area (TPSA) is 487 Å². The Hall–Kier alpha value is -9.67. The lowest BCUT2D eigenvalue weighted by Gasteiger charge is -2.37. The third-order valence-electron chi connectivity index (χ3n) is 13.8. The van der Waals surface area contributed by atoms with Gasteiger partial charge in [-0.3, -0.25) is 19.2 Å². The minimum absolute atomic E-state index is 0.0361. The van der Waals surface area contributed by atoms with Crippen molar-refractivity contribution in [2.45, 2.75) is 211 Å². The number of carbonyl (C=O) groups excluding carboxylic acids is 7. The van der Waals surface area contributed by atoms with Crippen LogP contribution in [-0.2, 0) is 53.3 Å². The van der Waals surface area contributed by atoms with E-state index in [2.05, 4.69) is 52.3 Å². The van der Waals surface area contributed by atoms with Gasteiger partial charge in [0.1, 0.15) is 46.5 Å². The van der Waals surface area contributed by atoms with Crippen molar-refractivity contribution in [1.82, 2.24) is 52.3 Å². The summed E-state index contributed by atoms with van der Waals surface area (Å²) in [6.45, 7) is 18.6. The Balaban J connectivity index is 0.000000757. The lowest BCUT2D eigenvalue weighted by molar-refractivity contribution is -0.192. The third-order valence-corrected chi connectivity index (χ3v) is 13.8. The van der Waals surface area contributed by atoms with Crippen molar-refractivity contribution >= 4 is 83.0 Å². The molecule has 0 saturated heterocycles. The van der Waals surface area contributed by atoms with E-state index in [0.29, 0.717) is 38.2 Å². The summed E-state index contributed by atoms with van der Waals surface area (Å²) < 4.78 is 59.8. The largest absolute Gasteiger partial charge is 0.490 e. The molecule has 15 N–H and O–H groups in total. The summed E-state index contributed by atoms with van der Waals surface area (Å²) in [6, 6.07) is 21.3. The van der Waals surface area contributed by atoms with Crippen molar-refractivity contribution in [2.24, 2.45) is 17.2 Å². The van der Waals surface area contributed by atoms with E-state index in [0.717, 1.165) is 36.0 Å². The van der Waals surface area contributed by atoms with Gasteiger partial charge in [-0.05, 0) is 124 Å². The van der Waals surface area contributed by atoms with Crippen LogP contribution in [-0.4, -0.2) is 149 Å². The number of amides is 7. The highest BCUT2D eigenvalue weighted by Gasteiger charge is 2.41. The maximum absolute atomic E-state index is 14.7. The van der Waals surface area contributed by atoms with Crippen LogP contribution in [0, 0.1) is 0 Å². The molecule has 7 amide bonds. The number of primary amides is 1. The van der Waals surface area contributed by atoms with Gasteiger partial charge in [0, 0.05) is 25.3 Å². The number of nitrogens with zero attached hydrogens (tertiary/aromatic N) is 4. The number of urea groups is 2. The molecular formula is C68H96Cl2F3N13O18. The summed E-state index contributed by atoms with van der Waals surface area (Å²) in [6.07, 6.45) is -3.34.